The van der Waals surface area contributed by atoms with Crippen molar-refractivity contribution in [1.82, 2.24) is 0 Å². The third-order valence-corrected chi connectivity index (χ3v) is 6.72. The van der Waals surface area contributed by atoms with E-state index in [1.165, 1.54) is 22.2 Å². The Morgan fingerprint density at radius 1 is 1.00 bits per heavy atom. The highest BCUT2D eigenvalue weighted by molar-refractivity contribution is 5.87. The van der Waals surface area contributed by atoms with Crippen molar-refractivity contribution in [2.45, 2.75) is 47.6 Å². The van der Waals surface area contributed by atoms with Crippen molar-refractivity contribution in [3.63, 3.8) is 0 Å². The zero-order chi connectivity index (χ0) is 30.2. The van der Waals surface area contributed by atoms with Gasteiger partial charge in [0.05, 0.1) is 5.39 Å². The van der Waals surface area contributed by atoms with Crippen LogP contribution in [0.3, 0.4) is 0 Å². The zero-order valence-electron chi connectivity index (χ0n) is 24.3. The van der Waals surface area contributed by atoms with Crippen molar-refractivity contribution in [3.05, 3.63) is 89.8 Å². The number of anilines is 1. The highest BCUT2D eigenvalue weighted by Gasteiger charge is 2.26. The standard InChI is InChI=1S/C32H39N2O2.ClHO4/c1-6-33(7-2)26-16-17-28-25(22-31(32(3,4)5)36-30(28)23-26)13-10-12-24-18-20-34(19-11-21-35)29-15-9-8-14-27(24)29;2-1(3,4)5/h8-10,12-18,20,22-23,35H,6-7,11,19,21H2,1-5H3;(H,2,3,4,5)/q+1;/p-1. The van der Waals surface area contributed by atoms with Gasteiger partial charge in [-0.1, -0.05) is 51.1 Å². The van der Waals surface area contributed by atoms with Gasteiger partial charge in [0, 0.05) is 61.0 Å². The largest absolute Gasteiger partial charge is 0.460 e. The van der Waals surface area contributed by atoms with Crippen LogP contribution in [0.5, 0.6) is 5.75 Å². The summed E-state index contributed by atoms with van der Waals surface area (Å²) in [6.45, 7) is 13.9. The summed E-state index contributed by atoms with van der Waals surface area (Å²) < 4.78 is 42.6. The number of allylic oxidation sites excluding steroid dienone is 5. The molecule has 9 heteroatoms. The second-order valence-corrected chi connectivity index (χ2v) is 11.4. The number of aliphatic hydroxyl groups is 1. The number of halogens is 1. The molecule has 0 radical (unpaired) electrons. The molecule has 0 spiro atoms. The van der Waals surface area contributed by atoms with E-state index in [-0.39, 0.29) is 12.0 Å². The lowest BCUT2D eigenvalue weighted by molar-refractivity contribution is -2.00. The van der Waals surface area contributed by atoms with Crippen LogP contribution in [0.4, 0.5) is 5.69 Å². The molecule has 0 atom stereocenters. The molecule has 0 bridgehead atoms. The third kappa shape index (κ3) is 9.13. The SMILES string of the molecule is CCN(CC)c1ccc2c(c1)OC(C(C)(C)C)=CC2=CC=Cc1cc[n+](CCCO)c2ccccc12.[O-][Cl+3]([O-])([O-])[O-]. The smallest absolute Gasteiger partial charge is 0.213 e. The van der Waals surface area contributed by atoms with Gasteiger partial charge in [0.15, 0.2) is 12.7 Å². The fraction of sp³-hybridized carbons (Fsp3) is 0.344. The summed E-state index contributed by atoms with van der Waals surface area (Å²) in [5.74, 6) is 1.89. The first-order valence-electron chi connectivity index (χ1n) is 13.7. The van der Waals surface area contributed by atoms with Crippen LogP contribution >= 0.6 is 0 Å². The molecule has 3 aromatic rings. The molecular formula is C32H39ClN2O6. The number of aromatic nitrogens is 1. The van der Waals surface area contributed by atoms with Gasteiger partial charge in [0.2, 0.25) is 5.52 Å². The van der Waals surface area contributed by atoms with Gasteiger partial charge in [-0.25, -0.2) is 18.6 Å². The predicted octanol–water partition coefficient (Wildman–Crippen LogP) is 2.02. The molecule has 2 heterocycles. The summed E-state index contributed by atoms with van der Waals surface area (Å²) >= 11 is 0. The van der Waals surface area contributed by atoms with E-state index < -0.39 is 10.2 Å². The Bertz CT molecular complexity index is 1410. The summed E-state index contributed by atoms with van der Waals surface area (Å²) in [5, 5.41) is 10.5. The van der Waals surface area contributed by atoms with Crippen molar-refractivity contribution >= 4 is 28.2 Å². The van der Waals surface area contributed by atoms with Crippen LogP contribution in [0.2, 0.25) is 0 Å². The van der Waals surface area contributed by atoms with E-state index in [0.29, 0.717) is 0 Å². The van der Waals surface area contributed by atoms with Crippen LogP contribution in [0.15, 0.2) is 78.7 Å². The number of rotatable bonds is 8. The molecular weight excluding hydrogens is 544 g/mol. The van der Waals surface area contributed by atoms with Crippen molar-refractivity contribution < 1.29 is 43.3 Å². The number of hydrogen-bond acceptors (Lipinski definition) is 7. The Balaban J connectivity index is 0.000000850. The normalized spacial score (nSPS) is 14.4. The second-order valence-electron chi connectivity index (χ2n) is 10.6. The Hall–Kier alpha value is -3.24. The topological polar surface area (TPSA) is 129 Å². The Morgan fingerprint density at radius 3 is 2.32 bits per heavy atom. The molecule has 4 rings (SSSR count). The Kier molecular flexibility index (Phi) is 11.1. The molecule has 0 saturated carbocycles. The van der Waals surface area contributed by atoms with Crippen LogP contribution in [0.1, 0.15) is 52.2 Å². The van der Waals surface area contributed by atoms with E-state index >= 15 is 0 Å². The number of fused-ring (bicyclic) bond motifs is 2. The van der Waals surface area contributed by atoms with Crippen molar-refractivity contribution in [2.24, 2.45) is 5.41 Å². The molecule has 0 saturated heterocycles. The zero-order valence-corrected chi connectivity index (χ0v) is 25.1. The number of aliphatic hydroxyl groups excluding tert-OH is 1. The number of hydrogen-bond donors (Lipinski definition) is 1. The third-order valence-electron chi connectivity index (χ3n) is 6.72. The quantitative estimate of drug-likeness (QED) is 0.402. The molecule has 1 aliphatic heterocycles. The average molecular weight is 583 g/mol. The lowest BCUT2D eigenvalue weighted by Gasteiger charge is -2.30. The minimum atomic E-state index is -4.94. The molecule has 1 aliphatic rings. The van der Waals surface area contributed by atoms with Crippen LogP contribution < -0.4 is 32.8 Å². The lowest BCUT2D eigenvalue weighted by atomic mass is 9.89. The fourth-order valence-corrected chi connectivity index (χ4v) is 4.64. The van der Waals surface area contributed by atoms with Gasteiger partial charge in [-0.15, -0.1) is 10.2 Å². The molecule has 0 amide bonds. The number of nitrogens with zero attached hydrogens (tertiary/aromatic N) is 2. The van der Waals surface area contributed by atoms with E-state index in [1.54, 1.807) is 0 Å². The maximum atomic E-state index is 9.25. The minimum absolute atomic E-state index is 0.0937. The first-order valence-corrected chi connectivity index (χ1v) is 14.9. The summed E-state index contributed by atoms with van der Waals surface area (Å²) in [6.07, 6.45) is 11.5. The van der Waals surface area contributed by atoms with Crippen molar-refractivity contribution in [2.75, 3.05) is 24.6 Å². The van der Waals surface area contributed by atoms with E-state index in [0.717, 1.165) is 48.7 Å². The summed E-state index contributed by atoms with van der Waals surface area (Å²) in [5.41, 5.74) is 5.71. The van der Waals surface area contributed by atoms with Crippen LogP contribution in [0.25, 0.3) is 22.6 Å². The van der Waals surface area contributed by atoms with Gasteiger partial charge >= 0.3 is 0 Å². The van der Waals surface area contributed by atoms with Gasteiger partial charge in [-0.05, 0) is 49.3 Å². The maximum Gasteiger partial charge on any atom is 0.213 e. The number of pyridine rings is 1. The predicted molar refractivity (Wildman–Crippen MR) is 151 cm³/mol. The fourth-order valence-electron chi connectivity index (χ4n) is 4.64. The minimum Gasteiger partial charge on any atom is -0.460 e. The monoisotopic (exact) mass is 582 g/mol. The molecule has 8 nitrogen and oxygen atoms in total. The first-order chi connectivity index (χ1) is 19.4. The molecule has 220 valence electrons. The van der Waals surface area contributed by atoms with Gasteiger partial charge in [-0.3, -0.25) is 0 Å². The van der Waals surface area contributed by atoms with Gasteiger partial charge in [0.25, 0.3) is 0 Å². The maximum absolute atomic E-state index is 9.25. The first kappa shape index (κ1) is 32.3. The number of benzene rings is 2. The lowest BCUT2D eigenvalue weighted by Crippen LogP contribution is -2.68. The highest BCUT2D eigenvalue weighted by Crippen LogP contribution is 2.41. The van der Waals surface area contributed by atoms with E-state index in [4.69, 9.17) is 23.4 Å². The molecule has 0 fully saturated rings. The molecule has 0 unspecified atom stereocenters. The number of para-hydroxylation sites is 1. The van der Waals surface area contributed by atoms with Gasteiger partial charge in [0.1, 0.15) is 11.5 Å². The van der Waals surface area contributed by atoms with Gasteiger partial charge in [-0.2, -0.15) is 4.57 Å². The van der Waals surface area contributed by atoms with Crippen LogP contribution in [-0.4, -0.2) is 24.8 Å². The average Bonchev–Trinajstić information content (AvgIpc) is 2.91. The second kappa shape index (κ2) is 14.1. The van der Waals surface area contributed by atoms with Crippen LogP contribution in [-0.2, 0) is 6.54 Å². The van der Waals surface area contributed by atoms with Gasteiger partial charge < -0.3 is 14.7 Å². The van der Waals surface area contributed by atoms with Crippen molar-refractivity contribution in [1.29, 1.82) is 0 Å². The number of aryl methyl sites for hydroxylation is 1. The summed E-state index contributed by atoms with van der Waals surface area (Å²) in [4.78, 5) is 2.34. The molecule has 2 aromatic carbocycles. The summed E-state index contributed by atoms with van der Waals surface area (Å²) in [7, 11) is -4.94. The summed E-state index contributed by atoms with van der Waals surface area (Å²) in [6, 6.07) is 17.1. The molecule has 1 aromatic heterocycles. The Morgan fingerprint density at radius 2 is 1.68 bits per heavy atom. The van der Waals surface area contributed by atoms with E-state index in [1.807, 2.05) is 0 Å². The Labute approximate surface area is 244 Å². The van der Waals surface area contributed by atoms with Crippen molar-refractivity contribution in [3.8, 4) is 5.75 Å². The molecule has 0 aliphatic carbocycles. The highest BCUT2D eigenvalue weighted by atomic mass is 35.7. The van der Waals surface area contributed by atoms with Crippen LogP contribution in [0, 0.1) is 15.7 Å². The van der Waals surface area contributed by atoms with E-state index in [9.17, 15) is 5.11 Å². The molecule has 41 heavy (non-hydrogen) atoms. The molecule has 1 N–H and O–H groups in total. The number of ether oxygens (including phenoxy) is 1. The van der Waals surface area contributed by atoms with E-state index in [2.05, 4.69) is 123 Å².